The van der Waals surface area contributed by atoms with Crippen LogP contribution in [0.3, 0.4) is 0 Å². The molecule has 1 aromatic rings. The average Bonchev–Trinajstić information content (AvgIpc) is 2.96. The van der Waals surface area contributed by atoms with E-state index >= 15 is 0 Å². The van der Waals surface area contributed by atoms with E-state index in [1.807, 2.05) is 42.6 Å². The van der Waals surface area contributed by atoms with Gasteiger partial charge in [-0.3, -0.25) is 19.7 Å². The van der Waals surface area contributed by atoms with Gasteiger partial charge in [-0.2, -0.15) is 0 Å². The van der Waals surface area contributed by atoms with Crippen molar-refractivity contribution in [1.82, 2.24) is 10.2 Å². The molecule has 0 spiro atoms. The summed E-state index contributed by atoms with van der Waals surface area (Å²) in [6.07, 6.45) is -1.14. The first-order valence-electron chi connectivity index (χ1n) is 7.94. The summed E-state index contributed by atoms with van der Waals surface area (Å²) in [7, 11) is 0. The molecule has 134 valence electrons. The lowest BCUT2D eigenvalue weighted by molar-refractivity contribution is -0.158. The third kappa shape index (κ3) is 4.56. The minimum atomic E-state index is -1.17. The molecule has 1 fully saturated rings. The normalized spacial score (nSPS) is 19.2. The molecule has 2 rings (SSSR count). The Labute approximate surface area is 145 Å². The second kappa shape index (κ2) is 7.78. The number of urea groups is 1. The number of hydrogen-bond donors (Lipinski definition) is 2. The number of rotatable bonds is 5. The lowest BCUT2D eigenvalue weighted by Crippen LogP contribution is -2.42. The number of nitrogens with one attached hydrogen (secondary N) is 1. The van der Waals surface area contributed by atoms with Crippen LogP contribution in [-0.4, -0.2) is 41.4 Å². The van der Waals surface area contributed by atoms with E-state index in [9.17, 15) is 19.2 Å². The lowest BCUT2D eigenvalue weighted by atomic mass is 10.1. The molecule has 8 nitrogen and oxygen atoms in total. The van der Waals surface area contributed by atoms with Crippen molar-refractivity contribution in [3.05, 3.63) is 35.9 Å². The summed E-state index contributed by atoms with van der Waals surface area (Å²) >= 11 is 0. The van der Waals surface area contributed by atoms with Gasteiger partial charge in [0.05, 0.1) is 12.0 Å². The Morgan fingerprint density at radius 2 is 1.88 bits per heavy atom. The molecule has 3 atom stereocenters. The van der Waals surface area contributed by atoms with Gasteiger partial charge < -0.3 is 15.4 Å². The molecule has 8 heteroatoms. The predicted octanol–water partition coefficient (Wildman–Crippen LogP) is 0.723. The molecule has 25 heavy (non-hydrogen) atoms. The molecule has 1 saturated heterocycles. The number of ether oxygens (including phenoxy) is 1. The molecule has 0 unspecified atom stereocenters. The number of nitrogens with zero attached hydrogens (tertiary/aromatic N) is 1. The molecule has 1 aliphatic heterocycles. The number of nitrogens with two attached hydrogens (primary N) is 1. The zero-order valence-corrected chi connectivity index (χ0v) is 14.1. The van der Waals surface area contributed by atoms with Crippen LogP contribution in [0.2, 0.25) is 0 Å². The largest absolute Gasteiger partial charge is 0.452 e. The third-order valence-corrected chi connectivity index (χ3v) is 4.15. The second-order valence-electron chi connectivity index (χ2n) is 5.97. The Balaban J connectivity index is 1.96. The maximum atomic E-state index is 12.2. The van der Waals surface area contributed by atoms with Crippen LogP contribution in [-0.2, 0) is 19.1 Å². The number of hydrogen-bond acceptors (Lipinski definition) is 5. The molecule has 1 aromatic carbocycles. The summed E-state index contributed by atoms with van der Waals surface area (Å²) in [6, 6.07) is 8.31. The van der Waals surface area contributed by atoms with Crippen molar-refractivity contribution in [2.75, 3.05) is 6.54 Å². The van der Waals surface area contributed by atoms with Gasteiger partial charge in [-0.1, -0.05) is 30.3 Å². The predicted molar refractivity (Wildman–Crippen MR) is 88.0 cm³/mol. The highest BCUT2D eigenvalue weighted by Crippen LogP contribution is 2.29. The van der Waals surface area contributed by atoms with E-state index in [-0.39, 0.29) is 24.9 Å². The van der Waals surface area contributed by atoms with Crippen LogP contribution in [0.25, 0.3) is 0 Å². The molecule has 0 bridgehead atoms. The van der Waals surface area contributed by atoms with E-state index < -0.39 is 29.9 Å². The molecule has 1 aliphatic rings. The first-order valence-corrected chi connectivity index (χ1v) is 7.94. The topological polar surface area (TPSA) is 119 Å². The molecule has 3 N–H and O–H groups in total. The molecule has 0 aliphatic carbocycles. The van der Waals surface area contributed by atoms with E-state index in [0.29, 0.717) is 0 Å². The maximum absolute atomic E-state index is 12.2. The summed E-state index contributed by atoms with van der Waals surface area (Å²) in [5.74, 6) is -2.25. The molecule has 0 saturated carbocycles. The number of carbonyl (C=O) groups excluding carboxylic acids is 4. The van der Waals surface area contributed by atoms with Crippen LogP contribution in [0.5, 0.6) is 0 Å². The number of esters is 1. The summed E-state index contributed by atoms with van der Waals surface area (Å²) in [6.45, 7) is 3.44. The Kier molecular flexibility index (Phi) is 5.74. The van der Waals surface area contributed by atoms with Gasteiger partial charge in [0, 0.05) is 13.0 Å². The quantitative estimate of drug-likeness (QED) is 0.761. The molecule has 0 aromatic heterocycles. The van der Waals surface area contributed by atoms with Gasteiger partial charge in [-0.05, 0) is 19.4 Å². The lowest BCUT2D eigenvalue weighted by Gasteiger charge is -2.25. The van der Waals surface area contributed by atoms with Crippen molar-refractivity contribution in [3.8, 4) is 0 Å². The van der Waals surface area contributed by atoms with Gasteiger partial charge in [0.25, 0.3) is 5.91 Å². The first kappa shape index (κ1) is 18.4. The number of amides is 4. The van der Waals surface area contributed by atoms with Gasteiger partial charge in [0.1, 0.15) is 0 Å². The van der Waals surface area contributed by atoms with Crippen molar-refractivity contribution < 1.29 is 23.9 Å². The van der Waals surface area contributed by atoms with Crippen molar-refractivity contribution >= 4 is 23.8 Å². The fraction of sp³-hybridized carbons (Fsp3) is 0.412. The summed E-state index contributed by atoms with van der Waals surface area (Å²) in [5, 5.41) is 1.84. The zero-order valence-electron chi connectivity index (χ0n) is 14.1. The average molecular weight is 347 g/mol. The van der Waals surface area contributed by atoms with Crippen LogP contribution in [0.15, 0.2) is 30.3 Å². The fourth-order valence-electron chi connectivity index (χ4n) is 2.72. The highest BCUT2D eigenvalue weighted by molar-refractivity contribution is 5.96. The highest BCUT2D eigenvalue weighted by atomic mass is 16.5. The molecule has 1 heterocycles. The maximum Gasteiger partial charge on any atom is 0.318 e. The third-order valence-electron chi connectivity index (χ3n) is 4.15. The van der Waals surface area contributed by atoms with E-state index in [1.165, 1.54) is 6.92 Å². The molecule has 0 radical (unpaired) electrons. The van der Waals surface area contributed by atoms with E-state index in [4.69, 9.17) is 10.5 Å². The number of primary amides is 1. The summed E-state index contributed by atoms with van der Waals surface area (Å²) in [5.41, 5.74) is 5.82. The van der Waals surface area contributed by atoms with Crippen LogP contribution in [0.4, 0.5) is 4.79 Å². The smallest absolute Gasteiger partial charge is 0.318 e. The Morgan fingerprint density at radius 1 is 1.24 bits per heavy atom. The van der Waals surface area contributed by atoms with E-state index in [0.717, 1.165) is 5.56 Å². The van der Waals surface area contributed by atoms with Crippen molar-refractivity contribution in [2.45, 2.75) is 32.4 Å². The van der Waals surface area contributed by atoms with Crippen molar-refractivity contribution in [3.63, 3.8) is 0 Å². The van der Waals surface area contributed by atoms with Gasteiger partial charge in [-0.25, -0.2) is 4.79 Å². The van der Waals surface area contributed by atoms with Gasteiger partial charge >= 0.3 is 12.0 Å². The fourth-order valence-corrected chi connectivity index (χ4v) is 2.72. The van der Waals surface area contributed by atoms with Crippen molar-refractivity contribution in [2.24, 2.45) is 11.7 Å². The second-order valence-corrected chi connectivity index (χ2v) is 5.97. The Morgan fingerprint density at radius 3 is 2.48 bits per heavy atom. The van der Waals surface area contributed by atoms with Crippen LogP contribution >= 0.6 is 0 Å². The monoisotopic (exact) mass is 347 g/mol. The Bertz CT molecular complexity index is 676. The van der Waals surface area contributed by atoms with Crippen molar-refractivity contribution in [1.29, 1.82) is 0 Å². The van der Waals surface area contributed by atoms with Gasteiger partial charge in [0.2, 0.25) is 5.91 Å². The van der Waals surface area contributed by atoms with E-state index in [1.54, 1.807) is 4.90 Å². The van der Waals surface area contributed by atoms with Gasteiger partial charge in [0.15, 0.2) is 6.10 Å². The zero-order chi connectivity index (χ0) is 18.6. The van der Waals surface area contributed by atoms with Crippen LogP contribution in [0.1, 0.15) is 31.9 Å². The summed E-state index contributed by atoms with van der Waals surface area (Å²) < 4.78 is 5.04. The Hall–Kier alpha value is -2.90. The SMILES string of the molecule is C[C@H](OC(=O)[C@H]1CC(=O)N([C@@H](C)c2ccccc2)C1)C(=O)NC(N)=O. The van der Waals surface area contributed by atoms with Gasteiger partial charge in [-0.15, -0.1) is 0 Å². The molecular weight excluding hydrogens is 326 g/mol. The summed E-state index contributed by atoms with van der Waals surface area (Å²) in [4.78, 5) is 48.3. The standard InChI is InChI=1S/C17H21N3O5/c1-10(12-6-4-3-5-7-12)20-9-13(8-14(20)21)16(23)25-11(2)15(22)19-17(18)24/h3-7,10-11,13H,8-9H2,1-2H3,(H3,18,19,22,24)/t10-,11-,13-/m0/s1. The minimum absolute atomic E-state index is 0.0279. The molecule has 4 amide bonds. The van der Waals surface area contributed by atoms with Crippen LogP contribution < -0.4 is 11.1 Å². The van der Waals surface area contributed by atoms with E-state index in [2.05, 4.69) is 0 Å². The molecular formula is C17H21N3O5. The number of likely N-dealkylation sites (tertiary alicyclic amines) is 1. The number of benzene rings is 1. The highest BCUT2D eigenvalue weighted by Gasteiger charge is 2.38. The number of carbonyl (C=O) groups is 4. The first-order chi connectivity index (χ1) is 11.8. The van der Waals surface area contributed by atoms with Crippen LogP contribution in [0, 0.1) is 5.92 Å². The minimum Gasteiger partial charge on any atom is -0.452 e. The number of imide groups is 1.